The molecule has 0 aliphatic rings. The molecule has 0 spiro atoms. The summed E-state index contributed by atoms with van der Waals surface area (Å²) in [5.41, 5.74) is 30.1. The Morgan fingerprint density at radius 1 is 0.163 bits per heavy atom. The zero-order valence-corrected chi connectivity index (χ0v) is 58.7. The number of hydrogen-bond donors (Lipinski definition) is 0. The van der Waals surface area contributed by atoms with E-state index in [1.54, 1.807) is 0 Å². The van der Waals surface area contributed by atoms with Gasteiger partial charge in [0.25, 0.3) is 0 Å². The van der Waals surface area contributed by atoms with E-state index in [4.69, 9.17) is 0 Å². The SMILES string of the molecule is Cc1ccc(-c2cccc3c2c2ccccc2n3-c2ccccc2)cc1.Cc1cccc(-c2ccc3c(c2)c2ccccc2n3-c2ccccc2)c1.Cc1cccc(-c2cccc3c2c2ccccc2n3-c2ccccc2)c1.Cc1ccccc1-c1ccc2c(c1)c1ccccc1n2-c1ccccc1. The molecule has 4 nitrogen and oxygen atoms in total. The molecule has 4 heteroatoms. The van der Waals surface area contributed by atoms with Crippen LogP contribution in [0.4, 0.5) is 0 Å². The summed E-state index contributed by atoms with van der Waals surface area (Å²) in [5, 5.41) is 10.4. The lowest BCUT2D eigenvalue weighted by atomic mass is 9.98. The fraction of sp³-hybridized carbons (Fsp3) is 0.0400. The highest BCUT2D eigenvalue weighted by Crippen LogP contribution is 2.42. The van der Waals surface area contributed by atoms with Gasteiger partial charge in [-0.05, 0) is 187 Å². The van der Waals surface area contributed by atoms with Gasteiger partial charge in [0, 0.05) is 65.8 Å². The molecular weight excluding hydrogens is 1260 g/mol. The lowest BCUT2D eigenvalue weighted by Gasteiger charge is -2.09. The Morgan fingerprint density at radius 2 is 0.462 bits per heavy atom. The maximum absolute atomic E-state index is 2.37. The quantitative estimate of drug-likeness (QED) is 0.144. The number of aryl methyl sites for hydroxylation is 4. The molecule has 104 heavy (non-hydrogen) atoms. The Bertz CT molecular complexity index is 6490. The Kier molecular flexibility index (Phi) is 17.3. The first-order chi connectivity index (χ1) is 51.3. The second kappa shape index (κ2) is 28.0. The first kappa shape index (κ1) is 64.1. The molecule has 0 fully saturated rings. The average Bonchev–Trinajstić information content (AvgIpc) is 1.61. The minimum absolute atomic E-state index is 1.19. The second-order valence-electron chi connectivity index (χ2n) is 27.0. The van der Waals surface area contributed by atoms with Crippen molar-refractivity contribution in [2.45, 2.75) is 27.7 Å². The highest BCUT2D eigenvalue weighted by Gasteiger charge is 2.20. The number of fused-ring (bicyclic) bond motifs is 12. The van der Waals surface area contributed by atoms with E-state index in [-0.39, 0.29) is 0 Å². The lowest BCUT2D eigenvalue weighted by Crippen LogP contribution is -1.92. The van der Waals surface area contributed by atoms with E-state index in [1.807, 2.05) is 0 Å². The van der Waals surface area contributed by atoms with Gasteiger partial charge >= 0.3 is 0 Å². The van der Waals surface area contributed by atoms with Crippen molar-refractivity contribution in [1.82, 2.24) is 18.3 Å². The van der Waals surface area contributed by atoms with Crippen LogP contribution in [-0.4, -0.2) is 18.3 Å². The van der Waals surface area contributed by atoms with Gasteiger partial charge in [-0.3, -0.25) is 0 Å². The van der Waals surface area contributed by atoms with Gasteiger partial charge in [0.1, 0.15) is 0 Å². The topological polar surface area (TPSA) is 19.7 Å². The maximum atomic E-state index is 2.37. The first-order valence-electron chi connectivity index (χ1n) is 35.9. The molecule has 0 saturated heterocycles. The van der Waals surface area contributed by atoms with Crippen molar-refractivity contribution >= 4 is 87.2 Å². The average molecular weight is 1330 g/mol. The maximum Gasteiger partial charge on any atom is 0.0547 e. The zero-order valence-electron chi connectivity index (χ0n) is 58.7. The third kappa shape index (κ3) is 12.1. The van der Waals surface area contributed by atoms with E-state index >= 15 is 0 Å². The van der Waals surface area contributed by atoms with Gasteiger partial charge in [0.2, 0.25) is 0 Å². The molecule has 0 atom stereocenters. The van der Waals surface area contributed by atoms with Crippen molar-refractivity contribution in [1.29, 1.82) is 0 Å². The van der Waals surface area contributed by atoms with Crippen LogP contribution in [0.2, 0.25) is 0 Å². The van der Waals surface area contributed by atoms with Crippen molar-refractivity contribution in [2.24, 2.45) is 0 Å². The van der Waals surface area contributed by atoms with Crippen LogP contribution < -0.4 is 0 Å². The minimum atomic E-state index is 1.19. The van der Waals surface area contributed by atoms with E-state index in [0.29, 0.717) is 0 Å². The van der Waals surface area contributed by atoms with Gasteiger partial charge in [0.05, 0.1) is 44.1 Å². The summed E-state index contributed by atoms with van der Waals surface area (Å²) in [6.45, 7) is 8.60. The Balaban J connectivity index is 0.000000103. The molecule has 20 rings (SSSR count). The van der Waals surface area contributed by atoms with Crippen LogP contribution in [0.5, 0.6) is 0 Å². The number of aromatic nitrogens is 4. The molecule has 20 aromatic rings. The van der Waals surface area contributed by atoms with E-state index in [0.717, 1.165) is 0 Å². The van der Waals surface area contributed by atoms with E-state index in [2.05, 4.69) is 434 Å². The number of benzene rings is 16. The molecule has 0 N–H and O–H groups in total. The number of rotatable bonds is 8. The Hall–Kier alpha value is -13.3. The van der Waals surface area contributed by atoms with Crippen LogP contribution in [-0.2, 0) is 0 Å². The molecule has 0 saturated carbocycles. The fourth-order valence-electron chi connectivity index (χ4n) is 15.5. The highest BCUT2D eigenvalue weighted by atomic mass is 15.0. The predicted molar refractivity (Wildman–Crippen MR) is 444 cm³/mol. The molecule has 0 aliphatic heterocycles. The van der Waals surface area contributed by atoms with E-state index < -0.39 is 0 Å². The van der Waals surface area contributed by atoms with Gasteiger partial charge in [-0.1, -0.05) is 296 Å². The molecule has 0 aliphatic carbocycles. The number of para-hydroxylation sites is 8. The molecule has 4 aromatic heterocycles. The van der Waals surface area contributed by atoms with Crippen molar-refractivity contribution in [2.75, 3.05) is 0 Å². The molecule has 4 heterocycles. The van der Waals surface area contributed by atoms with Gasteiger partial charge in [-0.2, -0.15) is 0 Å². The third-order valence-corrected chi connectivity index (χ3v) is 20.3. The summed E-state index contributed by atoms with van der Waals surface area (Å²) in [4.78, 5) is 0. The Morgan fingerprint density at radius 3 is 0.923 bits per heavy atom. The molecule has 16 aromatic carbocycles. The van der Waals surface area contributed by atoms with Crippen molar-refractivity contribution in [3.05, 3.63) is 411 Å². The summed E-state index contributed by atoms with van der Waals surface area (Å²) in [6.07, 6.45) is 0. The summed E-state index contributed by atoms with van der Waals surface area (Å²) in [7, 11) is 0. The lowest BCUT2D eigenvalue weighted by molar-refractivity contribution is 1.18. The van der Waals surface area contributed by atoms with Crippen LogP contribution in [0, 0.1) is 27.7 Å². The van der Waals surface area contributed by atoms with Crippen LogP contribution in [0.1, 0.15) is 22.3 Å². The van der Waals surface area contributed by atoms with Gasteiger partial charge in [0.15, 0.2) is 0 Å². The third-order valence-electron chi connectivity index (χ3n) is 20.3. The standard InChI is InChI=1S/4C25H19N/c1-18-9-7-10-19(17-18)21-14-8-16-24-25(21)22-13-5-6-15-23(22)26(24)20-11-3-2-4-12-20;1-18-8-7-9-19(16-18)20-14-15-25-23(17-20)22-12-5-6-13-24(22)26(25)21-10-3-2-4-11-21;1-18-9-5-6-12-21(18)19-15-16-25-23(17-19)22-13-7-8-14-24(22)26(25)20-10-3-2-4-11-20;1-18-14-16-19(17-15-18)21-11-7-13-24-25(21)22-10-5-6-12-23(22)26(24)20-8-3-2-4-9-20/h4*2-17H,1H3. The molecule has 496 valence electrons. The van der Waals surface area contributed by atoms with Crippen molar-refractivity contribution < 1.29 is 0 Å². The van der Waals surface area contributed by atoms with Gasteiger partial charge in [-0.15, -0.1) is 0 Å². The van der Waals surface area contributed by atoms with Crippen LogP contribution in [0.3, 0.4) is 0 Å². The smallest absolute Gasteiger partial charge is 0.0547 e. The molecule has 0 radical (unpaired) electrons. The zero-order chi connectivity index (χ0) is 70.0. The monoisotopic (exact) mass is 1330 g/mol. The van der Waals surface area contributed by atoms with E-state index in [1.165, 1.54) is 177 Å². The number of nitrogens with zero attached hydrogens (tertiary/aromatic N) is 4. The van der Waals surface area contributed by atoms with Crippen LogP contribution in [0.15, 0.2) is 388 Å². The minimum Gasteiger partial charge on any atom is -0.309 e. The molecular formula is C100H76N4. The fourth-order valence-corrected chi connectivity index (χ4v) is 15.5. The van der Waals surface area contributed by atoms with Crippen LogP contribution in [0.25, 0.3) is 154 Å². The highest BCUT2D eigenvalue weighted by molar-refractivity contribution is 6.18. The second-order valence-corrected chi connectivity index (χ2v) is 27.0. The van der Waals surface area contributed by atoms with E-state index in [9.17, 15) is 0 Å². The molecule has 0 bridgehead atoms. The van der Waals surface area contributed by atoms with Crippen molar-refractivity contribution in [3.63, 3.8) is 0 Å². The van der Waals surface area contributed by atoms with Crippen LogP contribution >= 0.6 is 0 Å². The largest absolute Gasteiger partial charge is 0.309 e. The van der Waals surface area contributed by atoms with Gasteiger partial charge < -0.3 is 18.3 Å². The molecule has 0 unspecified atom stereocenters. The van der Waals surface area contributed by atoms with Gasteiger partial charge in [-0.25, -0.2) is 0 Å². The summed E-state index contributed by atoms with van der Waals surface area (Å²) in [5.74, 6) is 0. The predicted octanol–water partition coefficient (Wildman–Crippen LogP) is 27.0. The molecule has 0 amide bonds. The normalized spacial score (nSPS) is 11.3. The summed E-state index contributed by atoms with van der Waals surface area (Å²) >= 11 is 0. The Labute approximate surface area is 607 Å². The first-order valence-corrected chi connectivity index (χ1v) is 35.9. The van der Waals surface area contributed by atoms with Crippen molar-refractivity contribution in [3.8, 4) is 67.3 Å². The summed E-state index contributed by atoms with van der Waals surface area (Å²) < 4.78 is 9.43. The summed E-state index contributed by atoms with van der Waals surface area (Å²) in [6, 6.07) is 139. The number of hydrogen-bond acceptors (Lipinski definition) is 0.